The van der Waals surface area contributed by atoms with Crippen LogP contribution in [0.15, 0.2) is 65.6 Å². The van der Waals surface area contributed by atoms with E-state index in [4.69, 9.17) is 56.5 Å². The zero-order valence-electron chi connectivity index (χ0n) is 17.9. The van der Waals surface area contributed by atoms with Crippen LogP contribution >= 0.6 is 58.8 Å². The molecule has 0 aromatic heterocycles. The van der Waals surface area contributed by atoms with Crippen LogP contribution in [0.3, 0.4) is 0 Å². The van der Waals surface area contributed by atoms with E-state index in [1.807, 2.05) is 30.3 Å². The SMILES string of the molecule is COc1ccc(CN2C(=O)/C(=C/c3ccc(OCc4ccc(Cl)cc4Cl)c(Cl)c3)SC2=S)cc1. The Labute approximate surface area is 222 Å². The fourth-order valence-corrected chi connectivity index (χ4v) is 5.18. The molecule has 0 spiro atoms. The van der Waals surface area contributed by atoms with Gasteiger partial charge in [0.2, 0.25) is 0 Å². The Kier molecular flexibility index (Phi) is 8.06. The number of nitrogens with zero attached hydrogens (tertiary/aromatic N) is 1. The fraction of sp³-hybridized carbons (Fsp3) is 0.120. The highest BCUT2D eigenvalue weighted by atomic mass is 35.5. The molecule has 1 heterocycles. The van der Waals surface area contributed by atoms with E-state index in [1.54, 1.807) is 48.4 Å². The van der Waals surface area contributed by atoms with E-state index in [0.717, 1.165) is 22.4 Å². The lowest BCUT2D eigenvalue weighted by Gasteiger charge is -2.14. The van der Waals surface area contributed by atoms with Crippen LogP contribution in [-0.2, 0) is 17.9 Å². The zero-order valence-corrected chi connectivity index (χ0v) is 21.8. The van der Waals surface area contributed by atoms with Gasteiger partial charge in [-0.15, -0.1) is 0 Å². The van der Waals surface area contributed by atoms with E-state index in [9.17, 15) is 4.79 Å². The monoisotopic (exact) mass is 549 g/mol. The second kappa shape index (κ2) is 11.0. The molecule has 174 valence electrons. The first-order chi connectivity index (χ1) is 16.3. The summed E-state index contributed by atoms with van der Waals surface area (Å²) in [5.74, 6) is 1.13. The molecule has 4 rings (SSSR count). The minimum atomic E-state index is -0.139. The van der Waals surface area contributed by atoms with Gasteiger partial charge in [-0.1, -0.05) is 83.0 Å². The van der Waals surface area contributed by atoms with Crippen LogP contribution in [0.5, 0.6) is 11.5 Å². The molecule has 4 nitrogen and oxygen atoms in total. The minimum absolute atomic E-state index is 0.139. The molecule has 0 aliphatic carbocycles. The zero-order chi connectivity index (χ0) is 24.2. The van der Waals surface area contributed by atoms with Gasteiger partial charge in [-0.2, -0.15) is 0 Å². The maximum absolute atomic E-state index is 13.0. The largest absolute Gasteiger partial charge is 0.497 e. The number of carbonyl (C=O) groups excluding carboxylic acids is 1. The Morgan fingerprint density at radius 2 is 1.76 bits per heavy atom. The van der Waals surface area contributed by atoms with E-state index in [0.29, 0.717) is 36.6 Å². The average Bonchev–Trinajstić information content (AvgIpc) is 3.07. The number of benzene rings is 3. The smallest absolute Gasteiger partial charge is 0.266 e. The second-order valence-corrected chi connectivity index (χ2v) is 10.3. The van der Waals surface area contributed by atoms with Crippen LogP contribution in [-0.4, -0.2) is 22.2 Å². The van der Waals surface area contributed by atoms with Crippen LogP contribution in [0.1, 0.15) is 16.7 Å². The van der Waals surface area contributed by atoms with Gasteiger partial charge in [-0.25, -0.2) is 0 Å². The lowest BCUT2D eigenvalue weighted by atomic mass is 10.2. The summed E-state index contributed by atoms with van der Waals surface area (Å²) in [6.07, 6.45) is 1.78. The molecule has 0 saturated carbocycles. The molecule has 1 fully saturated rings. The van der Waals surface area contributed by atoms with Gasteiger partial charge >= 0.3 is 0 Å². The highest BCUT2D eigenvalue weighted by Gasteiger charge is 2.32. The van der Waals surface area contributed by atoms with Crippen LogP contribution < -0.4 is 9.47 Å². The van der Waals surface area contributed by atoms with Crippen molar-refractivity contribution in [2.75, 3.05) is 7.11 Å². The topological polar surface area (TPSA) is 38.8 Å². The van der Waals surface area contributed by atoms with Crippen LogP contribution in [0.25, 0.3) is 6.08 Å². The summed E-state index contributed by atoms with van der Waals surface area (Å²) in [5, 5.41) is 1.51. The number of ether oxygens (including phenoxy) is 2. The Hall–Kier alpha value is -2.22. The Balaban J connectivity index is 1.44. The molecule has 3 aromatic carbocycles. The molecule has 1 aliphatic heterocycles. The van der Waals surface area contributed by atoms with Crippen LogP contribution in [0.2, 0.25) is 15.1 Å². The third kappa shape index (κ3) is 5.88. The van der Waals surface area contributed by atoms with Gasteiger partial charge in [-0.3, -0.25) is 9.69 Å². The second-order valence-electron chi connectivity index (χ2n) is 7.33. The summed E-state index contributed by atoms with van der Waals surface area (Å²) < 4.78 is 11.5. The fourth-order valence-electron chi connectivity index (χ4n) is 3.22. The molecule has 0 radical (unpaired) electrons. The Morgan fingerprint density at radius 3 is 2.44 bits per heavy atom. The molecular weight excluding hydrogens is 533 g/mol. The molecule has 1 saturated heterocycles. The van der Waals surface area contributed by atoms with Gasteiger partial charge in [0.05, 0.1) is 23.6 Å². The average molecular weight is 551 g/mol. The first-order valence-electron chi connectivity index (χ1n) is 10.1. The highest BCUT2D eigenvalue weighted by Crippen LogP contribution is 2.35. The summed E-state index contributed by atoms with van der Waals surface area (Å²) in [6, 6.07) is 18.1. The van der Waals surface area contributed by atoms with Gasteiger partial charge in [0.25, 0.3) is 5.91 Å². The van der Waals surface area contributed by atoms with Crippen molar-refractivity contribution in [3.8, 4) is 11.5 Å². The maximum atomic E-state index is 13.0. The van der Waals surface area contributed by atoms with Crippen molar-refractivity contribution in [1.82, 2.24) is 4.90 Å². The van der Waals surface area contributed by atoms with Crippen molar-refractivity contribution < 1.29 is 14.3 Å². The molecule has 9 heteroatoms. The molecule has 0 N–H and O–H groups in total. The minimum Gasteiger partial charge on any atom is -0.497 e. The van der Waals surface area contributed by atoms with Crippen molar-refractivity contribution in [3.05, 3.63) is 97.3 Å². The number of rotatable bonds is 7. The van der Waals surface area contributed by atoms with Gasteiger partial charge in [0, 0.05) is 15.6 Å². The number of carbonyl (C=O) groups is 1. The lowest BCUT2D eigenvalue weighted by Crippen LogP contribution is -2.27. The van der Waals surface area contributed by atoms with Crippen LogP contribution in [0.4, 0.5) is 0 Å². The number of thiocarbonyl (C=S) groups is 1. The molecule has 3 aromatic rings. The van der Waals surface area contributed by atoms with Crippen molar-refractivity contribution >= 4 is 75.1 Å². The number of methoxy groups -OCH3 is 1. The van der Waals surface area contributed by atoms with E-state index in [2.05, 4.69) is 0 Å². The molecule has 1 amide bonds. The first kappa shape index (κ1) is 24.9. The molecule has 34 heavy (non-hydrogen) atoms. The van der Waals surface area contributed by atoms with E-state index in [-0.39, 0.29) is 12.5 Å². The summed E-state index contributed by atoms with van der Waals surface area (Å²) in [5.41, 5.74) is 2.53. The summed E-state index contributed by atoms with van der Waals surface area (Å²) in [7, 11) is 1.61. The molecule has 0 bridgehead atoms. The maximum Gasteiger partial charge on any atom is 0.266 e. The predicted octanol–water partition coefficient (Wildman–Crippen LogP) is 7.64. The van der Waals surface area contributed by atoms with E-state index in [1.165, 1.54) is 11.8 Å². The quantitative estimate of drug-likeness (QED) is 0.223. The molecule has 0 atom stereocenters. The van der Waals surface area contributed by atoms with E-state index >= 15 is 0 Å². The van der Waals surface area contributed by atoms with Gasteiger partial charge in [0.1, 0.15) is 22.4 Å². The van der Waals surface area contributed by atoms with Crippen molar-refractivity contribution in [2.24, 2.45) is 0 Å². The molecule has 0 unspecified atom stereocenters. The van der Waals surface area contributed by atoms with Gasteiger partial charge in [0.15, 0.2) is 0 Å². The van der Waals surface area contributed by atoms with Gasteiger partial charge < -0.3 is 9.47 Å². The molecule has 1 aliphatic rings. The summed E-state index contributed by atoms with van der Waals surface area (Å²) in [6.45, 7) is 0.645. The van der Waals surface area contributed by atoms with Crippen molar-refractivity contribution in [1.29, 1.82) is 0 Å². The van der Waals surface area contributed by atoms with Gasteiger partial charge in [-0.05, 0) is 53.6 Å². The normalized spacial score (nSPS) is 14.7. The number of hydrogen-bond acceptors (Lipinski definition) is 5. The van der Waals surface area contributed by atoms with E-state index < -0.39 is 0 Å². The van der Waals surface area contributed by atoms with Crippen molar-refractivity contribution in [2.45, 2.75) is 13.2 Å². The number of thioether (sulfide) groups is 1. The predicted molar refractivity (Wildman–Crippen MR) is 144 cm³/mol. The Bertz CT molecular complexity index is 1280. The Morgan fingerprint density at radius 1 is 1.00 bits per heavy atom. The third-order valence-corrected chi connectivity index (χ3v) is 7.29. The number of amides is 1. The third-order valence-electron chi connectivity index (χ3n) is 5.03. The number of hydrogen-bond donors (Lipinski definition) is 0. The van der Waals surface area contributed by atoms with Crippen LogP contribution in [0, 0.1) is 0 Å². The number of halogens is 3. The van der Waals surface area contributed by atoms with Crippen molar-refractivity contribution in [3.63, 3.8) is 0 Å². The summed E-state index contributed by atoms with van der Waals surface area (Å²) >= 11 is 25.3. The summed E-state index contributed by atoms with van der Waals surface area (Å²) in [4.78, 5) is 15.1. The lowest BCUT2D eigenvalue weighted by molar-refractivity contribution is -0.122. The first-order valence-corrected chi connectivity index (χ1v) is 12.4. The standard InChI is InChI=1S/C25H18Cl3NO3S2/c1-31-19-7-2-15(3-8-19)13-29-24(30)23(34-25(29)33)11-16-4-9-22(21(28)10-16)32-14-17-5-6-18(26)12-20(17)27/h2-12H,13-14H2,1H3/b23-11-. The molecular formula is C25H18Cl3NO3S2. The highest BCUT2D eigenvalue weighted by molar-refractivity contribution is 8.26.